The summed E-state index contributed by atoms with van der Waals surface area (Å²) in [7, 11) is 0. The summed E-state index contributed by atoms with van der Waals surface area (Å²) in [6.07, 6.45) is 0.0709. The molecule has 0 radical (unpaired) electrons. The van der Waals surface area contributed by atoms with E-state index in [-0.39, 0.29) is 33.1 Å². The van der Waals surface area contributed by atoms with Crippen molar-refractivity contribution in [3.8, 4) is 0 Å². The Morgan fingerprint density at radius 3 is 2.29 bits per heavy atom. The van der Waals surface area contributed by atoms with Crippen molar-refractivity contribution in [2.75, 3.05) is 12.0 Å². The van der Waals surface area contributed by atoms with Crippen LogP contribution in [0.25, 0.3) is 6.08 Å². The van der Waals surface area contributed by atoms with Gasteiger partial charge in [-0.25, -0.2) is 0 Å². The molecule has 1 atom stereocenters. The molecular formula is C21H18Cl4F3NOS. The number of thioether (sulfide) groups is 1. The van der Waals surface area contributed by atoms with Crippen molar-refractivity contribution in [3.05, 3.63) is 73.2 Å². The van der Waals surface area contributed by atoms with E-state index in [1.54, 1.807) is 23.9 Å². The average Bonchev–Trinajstić information content (AvgIpc) is 2.68. The lowest BCUT2D eigenvalue weighted by molar-refractivity contribution is -0.139. The Morgan fingerprint density at radius 1 is 1.10 bits per heavy atom. The Hall–Kier alpha value is -1.05. The maximum absolute atomic E-state index is 13.6. The number of carbonyl (C=O) groups is 1. The van der Waals surface area contributed by atoms with Crippen LogP contribution in [0.15, 0.2) is 36.4 Å². The third-order valence-electron chi connectivity index (χ3n) is 4.29. The normalized spacial score (nSPS) is 12.9. The first-order valence-electron chi connectivity index (χ1n) is 8.96. The molecule has 2 rings (SSSR count). The molecule has 0 heterocycles. The Bertz CT molecular complexity index is 943. The number of allylic oxidation sites excluding steroid dienone is 1. The van der Waals surface area contributed by atoms with Gasteiger partial charge in [0.1, 0.15) is 0 Å². The third-order valence-corrected chi connectivity index (χ3v) is 6.45. The number of nitrogens with one attached hydrogen (secondary N) is 1. The van der Waals surface area contributed by atoms with Gasteiger partial charge in [0, 0.05) is 23.7 Å². The molecule has 1 amide bonds. The van der Waals surface area contributed by atoms with Gasteiger partial charge < -0.3 is 5.32 Å². The summed E-state index contributed by atoms with van der Waals surface area (Å²) in [4.78, 5) is 11.7. The summed E-state index contributed by atoms with van der Waals surface area (Å²) in [6, 6.07) is 7.12. The van der Waals surface area contributed by atoms with Crippen LogP contribution in [0, 0.1) is 0 Å². The summed E-state index contributed by atoms with van der Waals surface area (Å²) in [5.41, 5.74) is 1.02. The van der Waals surface area contributed by atoms with Crippen molar-refractivity contribution in [3.63, 3.8) is 0 Å². The SMILES string of the molecule is CSCCC(=O)NCc1ccc(C=CC(c2cc(Cl)c(Cl)c(Cl)c2)C(F)(F)F)cc1Cl. The van der Waals surface area contributed by atoms with Crippen molar-refractivity contribution in [2.24, 2.45) is 0 Å². The molecule has 168 valence electrons. The number of hydrogen-bond donors (Lipinski definition) is 1. The van der Waals surface area contributed by atoms with Crippen LogP contribution in [0.2, 0.25) is 20.1 Å². The van der Waals surface area contributed by atoms with Gasteiger partial charge >= 0.3 is 6.18 Å². The quantitative estimate of drug-likeness (QED) is 0.350. The summed E-state index contributed by atoms with van der Waals surface area (Å²) in [5, 5.41) is 2.99. The molecule has 0 saturated carbocycles. The van der Waals surface area contributed by atoms with E-state index in [2.05, 4.69) is 5.32 Å². The maximum atomic E-state index is 13.6. The highest BCUT2D eigenvalue weighted by Gasteiger charge is 2.39. The minimum absolute atomic E-state index is 0.0000949. The van der Waals surface area contributed by atoms with Crippen molar-refractivity contribution in [1.82, 2.24) is 5.32 Å². The average molecular weight is 531 g/mol. The topological polar surface area (TPSA) is 29.1 Å². The summed E-state index contributed by atoms with van der Waals surface area (Å²) in [6.45, 7) is 0.239. The lowest BCUT2D eigenvalue weighted by Gasteiger charge is -2.18. The first-order valence-corrected chi connectivity index (χ1v) is 11.9. The number of amides is 1. The molecule has 2 aromatic carbocycles. The lowest BCUT2D eigenvalue weighted by Crippen LogP contribution is -2.23. The fourth-order valence-electron chi connectivity index (χ4n) is 2.66. The smallest absolute Gasteiger partial charge is 0.352 e. The van der Waals surface area contributed by atoms with Crippen LogP contribution >= 0.6 is 58.2 Å². The molecule has 0 aliphatic heterocycles. The second-order valence-electron chi connectivity index (χ2n) is 6.55. The molecule has 0 fully saturated rings. The van der Waals surface area contributed by atoms with Gasteiger partial charge in [0.2, 0.25) is 5.91 Å². The molecule has 0 aromatic heterocycles. The second-order valence-corrected chi connectivity index (χ2v) is 9.13. The Kier molecular flexibility index (Phi) is 9.90. The van der Waals surface area contributed by atoms with Crippen molar-refractivity contribution < 1.29 is 18.0 Å². The van der Waals surface area contributed by atoms with E-state index in [1.165, 1.54) is 12.1 Å². The lowest BCUT2D eigenvalue weighted by atomic mass is 9.97. The molecule has 10 heteroatoms. The van der Waals surface area contributed by atoms with Crippen LogP contribution in [-0.4, -0.2) is 24.1 Å². The number of hydrogen-bond acceptors (Lipinski definition) is 2. The van der Waals surface area contributed by atoms with E-state index < -0.39 is 12.1 Å². The fourth-order valence-corrected chi connectivity index (χ4v) is 3.92. The minimum Gasteiger partial charge on any atom is -0.352 e. The Balaban J connectivity index is 2.19. The number of rotatable bonds is 8. The summed E-state index contributed by atoms with van der Waals surface area (Å²) in [5.74, 6) is -1.31. The van der Waals surface area contributed by atoms with E-state index in [9.17, 15) is 18.0 Å². The summed E-state index contributed by atoms with van der Waals surface area (Å²) >= 11 is 25.4. The fraction of sp³-hybridized carbons (Fsp3) is 0.286. The number of alkyl halides is 3. The zero-order valence-electron chi connectivity index (χ0n) is 16.2. The van der Waals surface area contributed by atoms with Crippen LogP contribution < -0.4 is 5.32 Å². The molecule has 0 spiro atoms. The van der Waals surface area contributed by atoms with Gasteiger partial charge in [0.25, 0.3) is 0 Å². The van der Waals surface area contributed by atoms with Crippen molar-refractivity contribution in [1.29, 1.82) is 0 Å². The second kappa shape index (κ2) is 11.7. The van der Waals surface area contributed by atoms with Gasteiger partial charge in [-0.1, -0.05) is 70.7 Å². The van der Waals surface area contributed by atoms with Gasteiger partial charge in [-0.3, -0.25) is 4.79 Å². The van der Waals surface area contributed by atoms with E-state index >= 15 is 0 Å². The highest BCUT2D eigenvalue weighted by atomic mass is 35.5. The first-order chi connectivity index (χ1) is 14.5. The third kappa shape index (κ3) is 7.79. The highest BCUT2D eigenvalue weighted by molar-refractivity contribution is 7.98. The molecule has 0 bridgehead atoms. The molecule has 2 aromatic rings. The van der Waals surface area contributed by atoms with E-state index in [4.69, 9.17) is 46.4 Å². The largest absolute Gasteiger partial charge is 0.399 e. The number of benzene rings is 2. The maximum Gasteiger partial charge on any atom is 0.399 e. The van der Waals surface area contributed by atoms with E-state index in [1.807, 2.05) is 6.26 Å². The zero-order valence-corrected chi connectivity index (χ0v) is 20.0. The van der Waals surface area contributed by atoms with Crippen LogP contribution in [0.1, 0.15) is 29.0 Å². The van der Waals surface area contributed by atoms with Gasteiger partial charge in [0.15, 0.2) is 0 Å². The molecule has 2 nitrogen and oxygen atoms in total. The molecular weight excluding hydrogens is 513 g/mol. The highest BCUT2D eigenvalue weighted by Crippen LogP contribution is 2.41. The van der Waals surface area contributed by atoms with E-state index in [0.29, 0.717) is 28.3 Å². The van der Waals surface area contributed by atoms with Crippen LogP contribution in [-0.2, 0) is 11.3 Å². The van der Waals surface area contributed by atoms with Crippen LogP contribution in [0.3, 0.4) is 0 Å². The number of halogens is 7. The monoisotopic (exact) mass is 529 g/mol. The van der Waals surface area contributed by atoms with E-state index in [0.717, 1.165) is 18.2 Å². The molecule has 31 heavy (non-hydrogen) atoms. The van der Waals surface area contributed by atoms with Gasteiger partial charge in [-0.15, -0.1) is 0 Å². The van der Waals surface area contributed by atoms with Crippen LogP contribution in [0.5, 0.6) is 0 Å². The summed E-state index contributed by atoms with van der Waals surface area (Å²) < 4.78 is 40.9. The first kappa shape index (κ1) is 26.2. The minimum atomic E-state index is -4.57. The molecule has 1 N–H and O–H groups in total. The standard InChI is InChI=1S/C21H18Cl4F3NOS/c1-31-7-6-19(30)29-11-13-4-2-12(8-16(13)22)3-5-15(21(26,27)28)14-9-17(23)20(25)18(24)10-14/h2-5,8-10,15H,6-7,11H2,1H3,(H,29,30). The Morgan fingerprint density at radius 2 is 1.74 bits per heavy atom. The van der Waals surface area contributed by atoms with Gasteiger partial charge in [0.05, 0.1) is 21.0 Å². The van der Waals surface area contributed by atoms with Crippen LogP contribution in [0.4, 0.5) is 13.2 Å². The van der Waals surface area contributed by atoms with Gasteiger partial charge in [-0.05, 0) is 41.1 Å². The molecule has 0 aliphatic rings. The van der Waals surface area contributed by atoms with Gasteiger partial charge in [-0.2, -0.15) is 24.9 Å². The molecule has 1 unspecified atom stereocenters. The zero-order chi connectivity index (χ0) is 23.2. The predicted octanol–water partition coefficient (Wildman–Crippen LogP) is 8.03. The molecule has 0 saturated heterocycles. The molecule has 0 aliphatic carbocycles. The predicted molar refractivity (Wildman–Crippen MR) is 126 cm³/mol. The number of carbonyl (C=O) groups excluding carboxylic acids is 1. The Labute approximate surface area is 203 Å². The van der Waals surface area contributed by atoms with Crippen molar-refractivity contribution in [2.45, 2.75) is 25.1 Å². The van der Waals surface area contributed by atoms with Crippen molar-refractivity contribution >= 4 is 70.1 Å².